The molecule has 3 aliphatic heterocycles. The van der Waals surface area contributed by atoms with Crippen molar-refractivity contribution in [2.75, 3.05) is 18.5 Å². The zero-order chi connectivity index (χ0) is 22.6. The third-order valence-corrected chi connectivity index (χ3v) is 5.66. The zero-order valence-corrected chi connectivity index (χ0v) is 16.9. The summed E-state index contributed by atoms with van der Waals surface area (Å²) in [7, 11) is 1.48. The highest BCUT2D eigenvalue weighted by Gasteiger charge is 2.55. The number of guanidine groups is 1. The van der Waals surface area contributed by atoms with Crippen LogP contribution in [0.25, 0.3) is 5.70 Å². The molecule has 10 heteroatoms. The molecule has 2 unspecified atom stereocenters. The third kappa shape index (κ3) is 2.91. The molecule has 5 rings (SSSR count). The number of imide groups is 1. The van der Waals surface area contributed by atoms with Gasteiger partial charge in [0.15, 0.2) is 12.2 Å². The minimum atomic E-state index is -1.28. The maximum atomic E-state index is 13.6. The van der Waals surface area contributed by atoms with Crippen molar-refractivity contribution < 1.29 is 23.9 Å². The number of carbonyl (C=O) groups excluding carboxylic acids is 2. The lowest BCUT2D eigenvalue weighted by atomic mass is 10.1. The van der Waals surface area contributed by atoms with E-state index in [0.29, 0.717) is 17.3 Å². The summed E-state index contributed by atoms with van der Waals surface area (Å²) < 4.78 is 13.6. The predicted molar refractivity (Wildman–Crippen MR) is 113 cm³/mol. The van der Waals surface area contributed by atoms with Crippen LogP contribution in [0.4, 0.5) is 14.9 Å². The predicted octanol–water partition coefficient (Wildman–Crippen LogP) is 1.99. The molecule has 2 aromatic carbocycles. The average Bonchev–Trinajstić information content (AvgIpc) is 3.33. The minimum absolute atomic E-state index is 0.387. The van der Waals surface area contributed by atoms with Crippen molar-refractivity contribution in [3.05, 3.63) is 72.2 Å². The van der Waals surface area contributed by atoms with Crippen LogP contribution in [0.1, 0.15) is 5.56 Å². The van der Waals surface area contributed by atoms with Crippen LogP contribution in [-0.2, 0) is 9.59 Å². The van der Waals surface area contributed by atoms with Crippen LogP contribution < -0.4 is 4.90 Å². The SMILES string of the molecule is CN1C(=O)N(CC(=O)O)C(=O)C2C1N=C1N(c3ccc(F)cc3)C(c3ccccc3)=CN12. The summed E-state index contributed by atoms with van der Waals surface area (Å²) in [5, 5.41) is 9.16. The van der Waals surface area contributed by atoms with Crippen molar-refractivity contribution in [3.63, 3.8) is 0 Å². The van der Waals surface area contributed by atoms with E-state index < -0.39 is 36.7 Å². The van der Waals surface area contributed by atoms with E-state index in [1.165, 1.54) is 24.1 Å². The number of nitrogens with zero attached hydrogens (tertiary/aromatic N) is 5. The number of halogens is 1. The Balaban J connectivity index is 1.61. The quantitative estimate of drug-likeness (QED) is 0.789. The summed E-state index contributed by atoms with van der Waals surface area (Å²) in [6, 6.07) is 13.7. The first kappa shape index (κ1) is 19.7. The van der Waals surface area contributed by atoms with Gasteiger partial charge in [-0.3, -0.25) is 24.3 Å². The van der Waals surface area contributed by atoms with E-state index in [1.54, 1.807) is 28.1 Å². The van der Waals surface area contributed by atoms with Crippen molar-refractivity contribution in [3.8, 4) is 0 Å². The minimum Gasteiger partial charge on any atom is -0.480 e. The zero-order valence-electron chi connectivity index (χ0n) is 16.9. The number of carbonyl (C=O) groups is 3. The van der Waals surface area contributed by atoms with Gasteiger partial charge in [-0.2, -0.15) is 0 Å². The summed E-state index contributed by atoms with van der Waals surface area (Å²) in [6.07, 6.45) is 0.939. The van der Waals surface area contributed by atoms with Gasteiger partial charge in [-0.15, -0.1) is 0 Å². The maximum Gasteiger partial charge on any atom is 0.328 e. The second-order valence-electron chi connectivity index (χ2n) is 7.60. The highest BCUT2D eigenvalue weighted by atomic mass is 19.1. The van der Waals surface area contributed by atoms with Crippen LogP contribution in [0.2, 0.25) is 0 Å². The number of hydrogen-bond acceptors (Lipinski definition) is 6. The first-order chi connectivity index (χ1) is 15.4. The molecule has 0 bridgehead atoms. The molecule has 1 fully saturated rings. The van der Waals surface area contributed by atoms with E-state index in [4.69, 9.17) is 5.11 Å². The highest BCUT2D eigenvalue weighted by Crippen LogP contribution is 2.39. The number of anilines is 1. The Morgan fingerprint density at radius 3 is 2.44 bits per heavy atom. The molecule has 9 nitrogen and oxygen atoms in total. The number of aliphatic carboxylic acids is 1. The Morgan fingerprint density at radius 1 is 1.09 bits per heavy atom. The Morgan fingerprint density at radius 2 is 1.78 bits per heavy atom. The number of benzene rings is 2. The summed E-state index contributed by atoms with van der Waals surface area (Å²) in [5.74, 6) is -1.91. The Kier molecular flexibility index (Phi) is 4.43. The molecule has 2 atom stereocenters. The van der Waals surface area contributed by atoms with E-state index in [-0.39, 0.29) is 5.82 Å². The van der Waals surface area contributed by atoms with Crippen LogP contribution in [0.15, 0.2) is 65.8 Å². The van der Waals surface area contributed by atoms with E-state index in [1.807, 2.05) is 30.3 Å². The van der Waals surface area contributed by atoms with Gasteiger partial charge in [-0.1, -0.05) is 30.3 Å². The summed E-state index contributed by atoms with van der Waals surface area (Å²) >= 11 is 0. The fourth-order valence-corrected chi connectivity index (χ4v) is 4.17. The number of aliphatic imine (C=N–C) groups is 1. The van der Waals surface area contributed by atoms with Crippen molar-refractivity contribution in [2.45, 2.75) is 12.2 Å². The smallest absolute Gasteiger partial charge is 0.328 e. The van der Waals surface area contributed by atoms with Crippen LogP contribution in [-0.4, -0.2) is 69.5 Å². The van der Waals surface area contributed by atoms with Crippen molar-refractivity contribution >= 4 is 35.3 Å². The Labute approximate surface area is 182 Å². The number of urea groups is 1. The topological polar surface area (TPSA) is 96.8 Å². The van der Waals surface area contributed by atoms with Gasteiger partial charge >= 0.3 is 12.0 Å². The molecule has 1 N–H and O–H groups in total. The second kappa shape index (κ2) is 7.19. The van der Waals surface area contributed by atoms with Gasteiger partial charge < -0.3 is 10.0 Å². The van der Waals surface area contributed by atoms with Crippen molar-refractivity contribution in [1.29, 1.82) is 0 Å². The number of hydrogen-bond donors (Lipinski definition) is 1. The lowest BCUT2D eigenvalue weighted by molar-refractivity contribution is -0.146. The van der Waals surface area contributed by atoms with Gasteiger partial charge in [0.2, 0.25) is 5.96 Å². The van der Waals surface area contributed by atoms with Gasteiger partial charge in [-0.05, 0) is 24.3 Å². The van der Waals surface area contributed by atoms with Crippen molar-refractivity contribution in [2.24, 2.45) is 4.99 Å². The lowest BCUT2D eigenvalue weighted by Gasteiger charge is -2.39. The molecule has 1 saturated heterocycles. The summed E-state index contributed by atoms with van der Waals surface area (Å²) in [5.41, 5.74) is 2.19. The van der Waals surface area contributed by atoms with Gasteiger partial charge in [0, 0.05) is 24.5 Å². The second-order valence-corrected chi connectivity index (χ2v) is 7.60. The molecule has 3 aliphatic rings. The van der Waals surface area contributed by atoms with Gasteiger partial charge in [-0.25, -0.2) is 14.2 Å². The van der Waals surface area contributed by atoms with Crippen LogP contribution in [0.3, 0.4) is 0 Å². The number of fused-ring (bicyclic) bond motifs is 3. The number of carboxylic acids is 1. The Bertz CT molecular complexity index is 1180. The molecule has 3 heterocycles. The first-order valence-electron chi connectivity index (χ1n) is 9.86. The molecular formula is C22H18FN5O4. The standard InChI is InChI=1S/C22H18FN5O4/c1-25-19-18(20(31)27(22(25)32)12-17(29)30)26-11-16(13-5-3-2-4-6-13)28(21(26)24-19)15-9-7-14(23)8-10-15/h2-11,18-19H,12H2,1H3,(H,29,30). The lowest BCUT2D eigenvalue weighted by Crippen LogP contribution is -2.64. The number of rotatable bonds is 4. The van der Waals surface area contributed by atoms with Gasteiger partial charge in [0.25, 0.3) is 5.91 Å². The molecule has 0 radical (unpaired) electrons. The van der Waals surface area contributed by atoms with Gasteiger partial charge in [0.05, 0.1) is 5.70 Å². The number of carboxylic acid groups (broad SMARTS) is 1. The van der Waals surface area contributed by atoms with E-state index >= 15 is 0 Å². The average molecular weight is 435 g/mol. The highest BCUT2D eigenvalue weighted by molar-refractivity contribution is 6.16. The van der Waals surface area contributed by atoms with E-state index in [0.717, 1.165) is 10.5 Å². The maximum absolute atomic E-state index is 13.6. The monoisotopic (exact) mass is 435 g/mol. The largest absolute Gasteiger partial charge is 0.480 e. The molecule has 0 aromatic heterocycles. The van der Waals surface area contributed by atoms with Crippen LogP contribution in [0.5, 0.6) is 0 Å². The molecule has 0 spiro atoms. The van der Waals surface area contributed by atoms with E-state index in [9.17, 15) is 18.8 Å². The van der Waals surface area contributed by atoms with Crippen LogP contribution >= 0.6 is 0 Å². The molecular weight excluding hydrogens is 417 g/mol. The number of amides is 3. The van der Waals surface area contributed by atoms with Crippen molar-refractivity contribution in [1.82, 2.24) is 14.7 Å². The first-order valence-corrected chi connectivity index (χ1v) is 9.86. The third-order valence-electron chi connectivity index (χ3n) is 5.66. The van der Waals surface area contributed by atoms with E-state index in [2.05, 4.69) is 4.99 Å². The number of likely N-dealkylation sites (N-methyl/N-ethyl adjacent to an activating group) is 1. The molecule has 162 valence electrons. The van der Waals surface area contributed by atoms with Gasteiger partial charge in [0.1, 0.15) is 12.4 Å². The molecule has 0 saturated carbocycles. The molecule has 32 heavy (non-hydrogen) atoms. The summed E-state index contributed by atoms with van der Waals surface area (Å²) in [4.78, 5) is 47.1. The van der Waals surface area contributed by atoms with Crippen LogP contribution in [0, 0.1) is 5.82 Å². The fraction of sp³-hybridized carbons (Fsp3) is 0.182. The fourth-order valence-electron chi connectivity index (χ4n) is 4.17. The molecule has 2 aromatic rings. The Hall–Kier alpha value is -4.21. The normalized spacial score (nSPS) is 22.1. The summed E-state index contributed by atoms with van der Waals surface area (Å²) in [6.45, 7) is -0.731. The molecule has 0 aliphatic carbocycles. The molecule has 3 amide bonds.